The van der Waals surface area contributed by atoms with E-state index in [4.69, 9.17) is 0 Å². The Morgan fingerprint density at radius 1 is 1.17 bits per heavy atom. The fraction of sp³-hybridized carbons (Fsp3) is 0.688. The summed E-state index contributed by atoms with van der Waals surface area (Å²) < 4.78 is 0.729. The van der Waals surface area contributed by atoms with E-state index in [9.17, 15) is 5.26 Å². The molecule has 2 nitrogen and oxygen atoms in total. The molecular formula is C16H25N2+. The summed E-state index contributed by atoms with van der Waals surface area (Å²) >= 11 is 0. The number of rotatable bonds is 3. The minimum Gasteiger partial charge on any atom is -0.250 e. The third-order valence-electron chi connectivity index (χ3n) is 5.22. The van der Waals surface area contributed by atoms with Gasteiger partial charge in [0.1, 0.15) is 24.0 Å². The van der Waals surface area contributed by atoms with Crippen molar-refractivity contribution in [3.8, 4) is 6.07 Å². The van der Waals surface area contributed by atoms with Gasteiger partial charge in [-0.1, -0.05) is 13.3 Å². The highest BCUT2D eigenvalue weighted by Crippen LogP contribution is 2.48. The molecule has 0 radical (unpaired) electrons. The van der Waals surface area contributed by atoms with E-state index in [1.807, 2.05) is 0 Å². The van der Waals surface area contributed by atoms with E-state index in [0.29, 0.717) is 0 Å². The van der Waals surface area contributed by atoms with E-state index in [1.54, 1.807) is 0 Å². The number of hydrogen-bond donors (Lipinski definition) is 0. The number of nitrogens with zero attached hydrogens (tertiary/aromatic N) is 2. The molecule has 0 aromatic carbocycles. The van der Waals surface area contributed by atoms with Crippen molar-refractivity contribution in [2.45, 2.75) is 70.4 Å². The third-order valence-corrected chi connectivity index (χ3v) is 5.22. The zero-order chi connectivity index (χ0) is 13.3. The molecule has 1 fully saturated rings. The third kappa shape index (κ3) is 1.65. The molecule has 0 bridgehead atoms. The van der Waals surface area contributed by atoms with Gasteiger partial charge in [0.25, 0.3) is 0 Å². The highest BCUT2D eigenvalue weighted by Gasteiger charge is 2.57. The van der Waals surface area contributed by atoms with E-state index in [1.165, 1.54) is 19.3 Å². The summed E-state index contributed by atoms with van der Waals surface area (Å²) in [6.07, 6.45) is 15.5. The van der Waals surface area contributed by atoms with Crippen LogP contribution in [-0.2, 0) is 0 Å². The molecule has 1 heterocycles. The van der Waals surface area contributed by atoms with Gasteiger partial charge in [0.15, 0.2) is 5.54 Å². The zero-order valence-corrected chi connectivity index (χ0v) is 11.9. The molecule has 2 heteroatoms. The van der Waals surface area contributed by atoms with Gasteiger partial charge in [0.2, 0.25) is 0 Å². The molecular weight excluding hydrogens is 220 g/mol. The predicted molar refractivity (Wildman–Crippen MR) is 74.3 cm³/mol. The van der Waals surface area contributed by atoms with Gasteiger partial charge in [-0.25, -0.2) is 0 Å². The Kier molecular flexibility index (Phi) is 3.38. The van der Waals surface area contributed by atoms with Crippen LogP contribution in [0.4, 0.5) is 0 Å². The molecule has 1 aliphatic heterocycles. The molecule has 0 unspecified atom stereocenters. The quantitative estimate of drug-likeness (QED) is 0.682. The van der Waals surface area contributed by atoms with Crippen LogP contribution >= 0.6 is 0 Å². The van der Waals surface area contributed by atoms with Crippen molar-refractivity contribution < 1.29 is 4.48 Å². The minimum absolute atomic E-state index is 0.0799. The summed E-state index contributed by atoms with van der Waals surface area (Å²) in [5, 5.41) is 9.89. The lowest BCUT2D eigenvalue weighted by molar-refractivity contribution is -0.921. The van der Waals surface area contributed by atoms with Crippen molar-refractivity contribution in [1.29, 1.82) is 5.26 Å². The second kappa shape index (κ2) is 4.55. The first kappa shape index (κ1) is 13.4. The van der Waals surface area contributed by atoms with Crippen LogP contribution in [0.2, 0.25) is 0 Å². The molecule has 0 amide bonds. The first-order valence-corrected chi connectivity index (χ1v) is 7.20. The van der Waals surface area contributed by atoms with Crippen LogP contribution in [0.25, 0.3) is 0 Å². The van der Waals surface area contributed by atoms with Crippen molar-refractivity contribution in [3.05, 3.63) is 24.6 Å². The number of hydrogen-bond acceptors (Lipinski definition) is 1. The summed E-state index contributed by atoms with van der Waals surface area (Å²) in [5.74, 6) is 0. The van der Waals surface area contributed by atoms with Crippen molar-refractivity contribution in [2.75, 3.05) is 0 Å². The number of nitriles is 1. The maximum absolute atomic E-state index is 9.89. The largest absolute Gasteiger partial charge is 0.250 e. The van der Waals surface area contributed by atoms with Crippen LogP contribution in [0, 0.1) is 11.3 Å². The van der Waals surface area contributed by atoms with Crippen molar-refractivity contribution in [3.63, 3.8) is 0 Å². The van der Waals surface area contributed by atoms with Gasteiger partial charge in [-0.3, -0.25) is 4.48 Å². The van der Waals surface area contributed by atoms with E-state index in [0.717, 1.165) is 23.7 Å². The maximum atomic E-state index is 9.89. The van der Waals surface area contributed by atoms with Gasteiger partial charge < -0.3 is 0 Å². The molecule has 18 heavy (non-hydrogen) atoms. The molecule has 0 N–H and O–H groups in total. The lowest BCUT2D eigenvalue weighted by Crippen LogP contribution is -2.66. The Balaban J connectivity index is 2.51. The standard InChI is InChI=1S/C16H25N2/c1-4-15(2,3)18(12-8-9-13-18)16(14-17)10-6-5-7-11-16/h8-9,12-13H,4-7,10-11H2,1-3H3/q+1. The van der Waals surface area contributed by atoms with Crippen LogP contribution in [0.5, 0.6) is 0 Å². The van der Waals surface area contributed by atoms with E-state index >= 15 is 0 Å². The molecule has 98 valence electrons. The molecule has 0 aromatic heterocycles. The number of allylic oxidation sites excluding steroid dienone is 2. The second-order valence-corrected chi connectivity index (χ2v) is 6.33. The lowest BCUT2D eigenvalue weighted by atomic mass is 9.76. The highest BCUT2D eigenvalue weighted by atomic mass is 15.4. The van der Waals surface area contributed by atoms with Gasteiger partial charge >= 0.3 is 0 Å². The van der Waals surface area contributed by atoms with Crippen molar-refractivity contribution in [1.82, 2.24) is 0 Å². The van der Waals surface area contributed by atoms with Crippen LogP contribution in [0.15, 0.2) is 24.6 Å². The van der Waals surface area contributed by atoms with Crippen LogP contribution in [0.3, 0.4) is 0 Å². The molecule has 0 saturated heterocycles. The number of quaternary nitrogens is 1. The van der Waals surface area contributed by atoms with Crippen molar-refractivity contribution in [2.24, 2.45) is 0 Å². The smallest absolute Gasteiger partial charge is 0.194 e. The summed E-state index contributed by atoms with van der Waals surface area (Å²) in [6, 6.07) is 2.71. The average Bonchev–Trinajstić information content (AvgIpc) is 2.91. The SMILES string of the molecule is CCC(C)(C)[N+]1(C2(C#N)CCCCC2)C=CC=C1. The Morgan fingerprint density at radius 2 is 1.72 bits per heavy atom. The van der Waals surface area contributed by atoms with Gasteiger partial charge in [0.05, 0.1) is 0 Å². The summed E-state index contributed by atoms with van der Waals surface area (Å²) in [6.45, 7) is 6.81. The molecule has 1 aliphatic carbocycles. The first-order valence-electron chi connectivity index (χ1n) is 7.20. The molecule has 0 atom stereocenters. The van der Waals surface area contributed by atoms with Gasteiger partial charge in [-0.15, -0.1) is 0 Å². The van der Waals surface area contributed by atoms with Crippen molar-refractivity contribution >= 4 is 0 Å². The van der Waals surface area contributed by atoms with Crippen LogP contribution in [-0.4, -0.2) is 15.6 Å². The normalized spacial score (nSPS) is 25.0. The molecule has 2 aliphatic rings. The molecule has 0 spiro atoms. The zero-order valence-electron chi connectivity index (χ0n) is 11.9. The van der Waals surface area contributed by atoms with Gasteiger partial charge in [-0.05, 0) is 45.3 Å². The fourth-order valence-electron chi connectivity index (χ4n) is 3.65. The maximum Gasteiger partial charge on any atom is 0.194 e. The summed E-state index contributed by atoms with van der Waals surface area (Å²) in [4.78, 5) is 0. The van der Waals surface area contributed by atoms with Crippen LogP contribution < -0.4 is 0 Å². The Hall–Kier alpha value is -1.07. The highest BCUT2D eigenvalue weighted by molar-refractivity contribution is 5.15. The van der Waals surface area contributed by atoms with Crippen LogP contribution in [0.1, 0.15) is 59.3 Å². The van der Waals surface area contributed by atoms with E-state index in [2.05, 4.69) is 51.4 Å². The Morgan fingerprint density at radius 3 is 2.17 bits per heavy atom. The average molecular weight is 245 g/mol. The van der Waals surface area contributed by atoms with Gasteiger partial charge in [-0.2, -0.15) is 5.26 Å². The molecule has 1 saturated carbocycles. The second-order valence-electron chi connectivity index (χ2n) is 6.33. The summed E-state index contributed by atoms with van der Waals surface area (Å²) in [7, 11) is 0. The first-order chi connectivity index (χ1) is 8.54. The topological polar surface area (TPSA) is 23.8 Å². The minimum atomic E-state index is -0.249. The monoisotopic (exact) mass is 245 g/mol. The van der Waals surface area contributed by atoms with E-state index in [-0.39, 0.29) is 11.1 Å². The lowest BCUT2D eigenvalue weighted by Gasteiger charge is -2.53. The summed E-state index contributed by atoms with van der Waals surface area (Å²) in [5.41, 5.74) is -0.169. The Labute approximate surface area is 111 Å². The van der Waals surface area contributed by atoms with Gasteiger partial charge in [0, 0.05) is 12.8 Å². The predicted octanol–water partition coefficient (Wildman–Crippen LogP) is 4.26. The molecule has 0 aromatic rings. The molecule has 2 rings (SSSR count). The van der Waals surface area contributed by atoms with E-state index < -0.39 is 0 Å². The fourth-order valence-corrected chi connectivity index (χ4v) is 3.65. The Bertz CT molecular complexity index is 391.